The van der Waals surface area contributed by atoms with Crippen LogP contribution in [0.1, 0.15) is 83.5 Å². The van der Waals surface area contributed by atoms with Gasteiger partial charge in [-0.15, -0.1) is 0 Å². The van der Waals surface area contributed by atoms with E-state index in [1.54, 1.807) is 83.5 Å². The minimum absolute atomic E-state index is 0.842. The third-order valence-corrected chi connectivity index (χ3v) is 8.04. The zero-order valence-corrected chi connectivity index (χ0v) is 12.5. The van der Waals surface area contributed by atoms with Crippen molar-refractivity contribution in [2.75, 3.05) is 0 Å². The molecule has 19 heavy (non-hydrogen) atoms. The van der Waals surface area contributed by atoms with Crippen molar-refractivity contribution in [2.45, 2.75) is 83.5 Å². The van der Waals surface area contributed by atoms with Crippen LogP contribution >= 0.6 is 0 Å². The summed E-state index contributed by atoms with van der Waals surface area (Å²) in [5.74, 6) is 4.61. The van der Waals surface area contributed by atoms with E-state index in [2.05, 4.69) is 0 Å². The van der Waals surface area contributed by atoms with E-state index >= 15 is 0 Å². The summed E-state index contributed by atoms with van der Waals surface area (Å²) < 4.78 is 0. The minimum atomic E-state index is 0.842. The maximum atomic E-state index is 1.67. The molecule has 0 aromatic rings. The first-order chi connectivity index (χ1) is 9.23. The summed E-state index contributed by atoms with van der Waals surface area (Å²) >= 11 is 0. The van der Waals surface area contributed by atoms with Gasteiger partial charge in [-0.25, -0.2) is 0 Å². The van der Waals surface area contributed by atoms with Crippen molar-refractivity contribution in [1.82, 2.24) is 0 Å². The number of hydrogen-bond acceptors (Lipinski definition) is 0. The van der Waals surface area contributed by atoms with Gasteiger partial charge in [-0.3, -0.25) is 0 Å². The lowest BCUT2D eigenvalue weighted by Gasteiger charge is -2.59. The van der Waals surface area contributed by atoms with Gasteiger partial charge in [0.15, 0.2) is 0 Å². The molecule has 0 heteroatoms. The second-order valence-corrected chi connectivity index (χ2v) is 9.60. The molecule has 0 N–H and O–H groups in total. The highest BCUT2D eigenvalue weighted by atomic mass is 14.6. The molecule has 6 bridgehead atoms. The first kappa shape index (κ1) is 11.6. The van der Waals surface area contributed by atoms with Crippen molar-refractivity contribution < 1.29 is 0 Å². The lowest BCUT2D eigenvalue weighted by Crippen LogP contribution is -2.48. The molecule has 0 saturated heterocycles. The Morgan fingerprint density at radius 2 is 1.26 bits per heavy atom. The van der Waals surface area contributed by atoms with Crippen molar-refractivity contribution in [1.29, 1.82) is 0 Å². The quantitative estimate of drug-likeness (QED) is 0.608. The SMILES string of the molecule is C1CC2CCC(CC34CC5CC(CC(C5)C3)C4)(C1)C2. The molecule has 0 amide bonds. The highest BCUT2D eigenvalue weighted by Gasteiger charge is 2.54. The summed E-state index contributed by atoms with van der Waals surface area (Å²) in [6, 6.07) is 0. The molecule has 6 saturated carbocycles. The van der Waals surface area contributed by atoms with Crippen LogP contribution in [0, 0.1) is 34.5 Å². The fraction of sp³-hybridized carbons (Fsp3) is 1.00. The normalized spacial score (nSPS) is 58.7. The molecule has 0 spiro atoms. The van der Waals surface area contributed by atoms with Gasteiger partial charge in [-0.2, -0.15) is 0 Å². The van der Waals surface area contributed by atoms with E-state index in [0.29, 0.717) is 0 Å². The van der Waals surface area contributed by atoms with Crippen LogP contribution in [0.25, 0.3) is 0 Å². The molecule has 2 unspecified atom stereocenters. The second kappa shape index (κ2) is 3.80. The summed E-state index contributed by atoms with van der Waals surface area (Å²) in [5, 5.41) is 0. The molecule has 6 rings (SSSR count). The molecule has 0 aromatic carbocycles. The van der Waals surface area contributed by atoms with Gasteiger partial charge in [0.05, 0.1) is 0 Å². The summed E-state index contributed by atoms with van der Waals surface area (Å²) in [5.41, 5.74) is 1.69. The van der Waals surface area contributed by atoms with Crippen LogP contribution in [0.2, 0.25) is 0 Å². The van der Waals surface area contributed by atoms with Gasteiger partial charge >= 0.3 is 0 Å². The number of hydrogen-bond donors (Lipinski definition) is 0. The lowest BCUT2D eigenvalue weighted by molar-refractivity contribution is -0.0814. The molecule has 6 aliphatic rings. The average molecular weight is 258 g/mol. The Morgan fingerprint density at radius 3 is 1.95 bits per heavy atom. The standard InChI is InChI=1S/C19H30/c1-2-14-3-5-18(4-1,9-14)13-19-10-15-6-16(11-19)8-17(7-15)12-19/h14-17H,1-13H2. The molecule has 0 radical (unpaired) electrons. The molecule has 0 nitrogen and oxygen atoms in total. The predicted octanol–water partition coefficient (Wildman–Crippen LogP) is 5.56. The number of rotatable bonds is 2. The smallest absolute Gasteiger partial charge is 0.0284 e. The highest BCUT2D eigenvalue weighted by Crippen LogP contribution is 2.66. The van der Waals surface area contributed by atoms with Gasteiger partial charge in [-0.05, 0) is 105 Å². The summed E-state index contributed by atoms with van der Waals surface area (Å²) in [6.45, 7) is 0. The first-order valence-electron chi connectivity index (χ1n) is 9.23. The lowest BCUT2D eigenvalue weighted by atomic mass is 9.46. The average Bonchev–Trinajstić information content (AvgIpc) is 2.61. The monoisotopic (exact) mass is 258 g/mol. The van der Waals surface area contributed by atoms with Crippen molar-refractivity contribution in [2.24, 2.45) is 34.5 Å². The van der Waals surface area contributed by atoms with Crippen LogP contribution in [-0.2, 0) is 0 Å². The van der Waals surface area contributed by atoms with Crippen molar-refractivity contribution in [3.8, 4) is 0 Å². The summed E-state index contributed by atoms with van der Waals surface area (Å²) in [4.78, 5) is 0. The Hall–Kier alpha value is 0. The zero-order chi connectivity index (χ0) is 12.5. The predicted molar refractivity (Wildman–Crippen MR) is 78.8 cm³/mol. The van der Waals surface area contributed by atoms with Gasteiger partial charge in [0.2, 0.25) is 0 Å². The molecule has 0 heterocycles. The van der Waals surface area contributed by atoms with Crippen LogP contribution in [-0.4, -0.2) is 0 Å². The van der Waals surface area contributed by atoms with Crippen molar-refractivity contribution in [3.63, 3.8) is 0 Å². The topological polar surface area (TPSA) is 0 Å². The molecule has 6 aliphatic carbocycles. The molecular weight excluding hydrogens is 228 g/mol. The van der Waals surface area contributed by atoms with Gasteiger partial charge < -0.3 is 0 Å². The summed E-state index contributed by atoms with van der Waals surface area (Å²) in [6.07, 6.45) is 21.0. The van der Waals surface area contributed by atoms with E-state index in [1.165, 1.54) is 0 Å². The van der Waals surface area contributed by atoms with Crippen LogP contribution in [0.3, 0.4) is 0 Å². The Balaban J connectivity index is 1.41. The van der Waals surface area contributed by atoms with Gasteiger partial charge in [0.25, 0.3) is 0 Å². The Kier molecular flexibility index (Phi) is 2.33. The van der Waals surface area contributed by atoms with E-state index in [1.807, 2.05) is 0 Å². The van der Waals surface area contributed by atoms with Crippen LogP contribution in [0.4, 0.5) is 0 Å². The van der Waals surface area contributed by atoms with Gasteiger partial charge in [0, 0.05) is 0 Å². The van der Waals surface area contributed by atoms with Crippen molar-refractivity contribution >= 4 is 0 Å². The molecule has 2 atom stereocenters. The Morgan fingerprint density at radius 1 is 0.632 bits per heavy atom. The third-order valence-electron chi connectivity index (χ3n) is 8.04. The highest BCUT2D eigenvalue weighted by molar-refractivity contribution is 5.05. The fourth-order valence-electron chi connectivity index (χ4n) is 8.12. The van der Waals surface area contributed by atoms with Crippen LogP contribution < -0.4 is 0 Å². The van der Waals surface area contributed by atoms with Crippen molar-refractivity contribution in [3.05, 3.63) is 0 Å². The third kappa shape index (κ3) is 1.77. The van der Waals surface area contributed by atoms with Gasteiger partial charge in [0.1, 0.15) is 0 Å². The zero-order valence-electron chi connectivity index (χ0n) is 12.5. The van der Waals surface area contributed by atoms with Gasteiger partial charge in [-0.1, -0.05) is 12.8 Å². The van der Waals surface area contributed by atoms with E-state index in [0.717, 1.165) is 34.5 Å². The van der Waals surface area contributed by atoms with E-state index in [9.17, 15) is 0 Å². The first-order valence-corrected chi connectivity index (χ1v) is 9.23. The molecule has 0 aliphatic heterocycles. The molecule has 0 aromatic heterocycles. The summed E-state index contributed by atoms with van der Waals surface area (Å²) in [7, 11) is 0. The molecule has 106 valence electrons. The second-order valence-electron chi connectivity index (χ2n) is 9.60. The maximum absolute atomic E-state index is 1.67. The molecule has 6 fully saturated rings. The Bertz CT molecular complexity index is 342. The van der Waals surface area contributed by atoms with E-state index in [4.69, 9.17) is 0 Å². The fourth-order valence-corrected chi connectivity index (χ4v) is 8.12. The maximum Gasteiger partial charge on any atom is -0.0284 e. The van der Waals surface area contributed by atoms with E-state index < -0.39 is 0 Å². The number of fused-ring (bicyclic) bond motifs is 2. The van der Waals surface area contributed by atoms with E-state index in [-0.39, 0.29) is 0 Å². The Labute approximate surface area is 118 Å². The largest absolute Gasteiger partial charge is 0.0525 e. The van der Waals surface area contributed by atoms with Crippen LogP contribution in [0.15, 0.2) is 0 Å². The minimum Gasteiger partial charge on any atom is -0.0525 e. The molecular formula is C19H30. The van der Waals surface area contributed by atoms with Crippen LogP contribution in [0.5, 0.6) is 0 Å².